The van der Waals surface area contributed by atoms with Crippen LogP contribution in [0.2, 0.25) is 5.02 Å². The van der Waals surface area contributed by atoms with Crippen LogP contribution in [0.4, 0.5) is 4.39 Å². The Hall–Kier alpha value is -0.600. The highest BCUT2D eigenvalue weighted by Crippen LogP contribution is 2.17. The Bertz CT molecular complexity index is 260. The van der Waals surface area contributed by atoms with E-state index < -0.39 is 0 Å². The number of rotatable bonds is 5. The van der Waals surface area contributed by atoms with E-state index in [4.69, 9.17) is 11.6 Å². The van der Waals surface area contributed by atoms with Crippen molar-refractivity contribution in [2.45, 2.75) is 12.8 Å². The molecule has 78 valence electrons. The highest BCUT2D eigenvalue weighted by atomic mass is 35.5. The zero-order valence-electron chi connectivity index (χ0n) is 8.26. The van der Waals surface area contributed by atoms with Crippen LogP contribution in [0.3, 0.4) is 0 Å². The van der Waals surface area contributed by atoms with E-state index in [2.05, 4.69) is 12.2 Å². The van der Waals surface area contributed by atoms with Gasteiger partial charge in [-0.05, 0) is 23.6 Å². The molecule has 0 amide bonds. The summed E-state index contributed by atoms with van der Waals surface area (Å²) in [7, 11) is 0. The van der Waals surface area contributed by atoms with Crippen LogP contribution in [0.1, 0.15) is 18.4 Å². The summed E-state index contributed by atoms with van der Waals surface area (Å²) in [6.07, 6.45) is 0. The topological polar surface area (TPSA) is 12.0 Å². The molecule has 3 heteroatoms. The van der Waals surface area contributed by atoms with Crippen molar-refractivity contribution in [3.8, 4) is 0 Å². The Balaban J connectivity index is 2.43. The molecule has 0 aliphatic carbocycles. The van der Waals surface area contributed by atoms with Gasteiger partial charge in [0.25, 0.3) is 0 Å². The Morgan fingerprint density at radius 1 is 1.36 bits per heavy atom. The van der Waals surface area contributed by atoms with Crippen molar-refractivity contribution in [1.29, 1.82) is 0 Å². The van der Waals surface area contributed by atoms with Gasteiger partial charge in [-0.2, -0.15) is 0 Å². The molecule has 1 N–H and O–H groups in total. The second kappa shape index (κ2) is 5.99. The molecule has 1 rings (SSSR count). The summed E-state index contributed by atoms with van der Waals surface area (Å²) < 4.78 is 11.8. The molecule has 0 saturated heterocycles. The van der Waals surface area contributed by atoms with E-state index in [9.17, 15) is 4.39 Å². The molecule has 0 spiro atoms. The van der Waals surface area contributed by atoms with Gasteiger partial charge in [0.05, 0.1) is 0 Å². The number of halogens is 2. The molecule has 0 fully saturated rings. The van der Waals surface area contributed by atoms with E-state index in [0.29, 0.717) is 12.5 Å². The van der Waals surface area contributed by atoms with Crippen LogP contribution in [0.15, 0.2) is 24.3 Å². The summed E-state index contributed by atoms with van der Waals surface area (Å²) in [5.74, 6) is 0.388. The Kier molecular flexibility index (Phi) is 4.91. The molecule has 1 atom stereocenters. The average molecular weight is 216 g/mol. The molecule has 1 nitrogen and oxygen atoms in total. The predicted molar refractivity (Wildman–Crippen MR) is 58.7 cm³/mol. The van der Waals surface area contributed by atoms with E-state index in [-0.39, 0.29) is 6.67 Å². The van der Waals surface area contributed by atoms with Crippen molar-refractivity contribution in [3.05, 3.63) is 34.9 Å². The second-order valence-corrected chi connectivity index (χ2v) is 3.78. The fraction of sp³-hybridized carbons (Fsp3) is 0.455. The van der Waals surface area contributed by atoms with Gasteiger partial charge >= 0.3 is 0 Å². The van der Waals surface area contributed by atoms with Crippen LogP contribution in [0.5, 0.6) is 0 Å². The van der Waals surface area contributed by atoms with Gasteiger partial charge in [-0.3, -0.25) is 0 Å². The summed E-state index contributed by atoms with van der Waals surface area (Å²) in [5, 5.41) is 3.79. The van der Waals surface area contributed by atoms with Gasteiger partial charge in [-0.1, -0.05) is 30.7 Å². The van der Waals surface area contributed by atoms with Gasteiger partial charge in [-0.25, -0.2) is 4.39 Å². The normalized spacial score (nSPS) is 12.8. The number of alkyl halides is 1. The van der Waals surface area contributed by atoms with Crippen LogP contribution in [-0.4, -0.2) is 19.8 Å². The zero-order valence-corrected chi connectivity index (χ0v) is 9.02. The summed E-state index contributed by atoms with van der Waals surface area (Å²) in [4.78, 5) is 0. The largest absolute Gasteiger partial charge is 0.314 e. The predicted octanol–water partition coefficient (Wildman–Crippen LogP) is 3.00. The molecule has 1 aromatic carbocycles. The van der Waals surface area contributed by atoms with Gasteiger partial charge in [0.15, 0.2) is 0 Å². The third kappa shape index (κ3) is 3.64. The molecule has 14 heavy (non-hydrogen) atoms. The lowest BCUT2D eigenvalue weighted by Gasteiger charge is -2.12. The monoisotopic (exact) mass is 215 g/mol. The standard InChI is InChI=1S/C11H15ClFN/c1-9(8-14-7-6-13)10-2-4-11(12)5-3-10/h2-5,9,14H,6-8H2,1H3. The van der Waals surface area contributed by atoms with E-state index in [1.54, 1.807) is 0 Å². The molecule has 1 unspecified atom stereocenters. The van der Waals surface area contributed by atoms with Crippen LogP contribution in [0, 0.1) is 0 Å². The van der Waals surface area contributed by atoms with E-state index in [0.717, 1.165) is 11.6 Å². The molecular formula is C11H15ClFN. The van der Waals surface area contributed by atoms with Gasteiger partial charge in [0.1, 0.15) is 6.67 Å². The first kappa shape index (κ1) is 11.5. The SMILES string of the molecule is CC(CNCCF)c1ccc(Cl)cc1. The van der Waals surface area contributed by atoms with E-state index in [1.165, 1.54) is 5.56 Å². The number of hydrogen-bond donors (Lipinski definition) is 1. The van der Waals surface area contributed by atoms with Crippen molar-refractivity contribution >= 4 is 11.6 Å². The lowest BCUT2D eigenvalue weighted by molar-refractivity contribution is 0.460. The third-order valence-electron chi connectivity index (χ3n) is 2.16. The lowest BCUT2D eigenvalue weighted by Crippen LogP contribution is -2.22. The average Bonchev–Trinajstić information content (AvgIpc) is 2.19. The lowest BCUT2D eigenvalue weighted by atomic mass is 10.0. The summed E-state index contributed by atoms with van der Waals surface area (Å²) in [6, 6.07) is 7.76. The van der Waals surface area contributed by atoms with Crippen LogP contribution in [0.25, 0.3) is 0 Å². The molecule has 1 aromatic rings. The summed E-state index contributed by atoms with van der Waals surface area (Å²) in [5.41, 5.74) is 1.22. The highest BCUT2D eigenvalue weighted by Gasteiger charge is 2.03. The first-order chi connectivity index (χ1) is 6.74. The smallest absolute Gasteiger partial charge is 0.102 e. The minimum Gasteiger partial charge on any atom is -0.314 e. The summed E-state index contributed by atoms with van der Waals surface area (Å²) >= 11 is 5.78. The van der Waals surface area contributed by atoms with E-state index in [1.807, 2.05) is 24.3 Å². The fourth-order valence-electron chi connectivity index (χ4n) is 1.29. The minimum atomic E-state index is -0.312. The molecule has 0 aromatic heterocycles. The van der Waals surface area contributed by atoms with Crippen molar-refractivity contribution < 1.29 is 4.39 Å². The molecule has 0 bridgehead atoms. The Labute approximate surface area is 89.3 Å². The maximum absolute atomic E-state index is 11.8. The first-order valence-corrected chi connectivity index (χ1v) is 5.14. The Morgan fingerprint density at radius 3 is 2.57 bits per heavy atom. The van der Waals surface area contributed by atoms with Crippen molar-refractivity contribution in [2.24, 2.45) is 0 Å². The molecule has 0 radical (unpaired) electrons. The van der Waals surface area contributed by atoms with Crippen LogP contribution >= 0.6 is 11.6 Å². The Morgan fingerprint density at radius 2 is 2.00 bits per heavy atom. The van der Waals surface area contributed by atoms with Gasteiger partial charge in [0, 0.05) is 18.1 Å². The van der Waals surface area contributed by atoms with Crippen molar-refractivity contribution in [2.75, 3.05) is 19.8 Å². The second-order valence-electron chi connectivity index (χ2n) is 3.35. The molecule has 0 heterocycles. The number of hydrogen-bond acceptors (Lipinski definition) is 1. The van der Waals surface area contributed by atoms with Gasteiger partial charge in [-0.15, -0.1) is 0 Å². The maximum Gasteiger partial charge on any atom is 0.102 e. The minimum absolute atomic E-state index is 0.312. The molecule has 0 aliphatic heterocycles. The van der Waals surface area contributed by atoms with Crippen molar-refractivity contribution in [3.63, 3.8) is 0 Å². The van der Waals surface area contributed by atoms with E-state index >= 15 is 0 Å². The van der Waals surface area contributed by atoms with Gasteiger partial charge < -0.3 is 5.32 Å². The van der Waals surface area contributed by atoms with Gasteiger partial charge in [0.2, 0.25) is 0 Å². The number of nitrogens with one attached hydrogen (secondary N) is 1. The summed E-state index contributed by atoms with van der Waals surface area (Å²) in [6.45, 7) is 3.02. The van der Waals surface area contributed by atoms with Crippen LogP contribution in [-0.2, 0) is 0 Å². The zero-order chi connectivity index (χ0) is 10.4. The fourth-order valence-corrected chi connectivity index (χ4v) is 1.42. The quantitative estimate of drug-likeness (QED) is 0.745. The number of benzene rings is 1. The maximum atomic E-state index is 11.8. The third-order valence-corrected chi connectivity index (χ3v) is 2.41. The molecule has 0 aliphatic rings. The molecular weight excluding hydrogens is 201 g/mol. The highest BCUT2D eigenvalue weighted by molar-refractivity contribution is 6.30. The van der Waals surface area contributed by atoms with Crippen LogP contribution < -0.4 is 5.32 Å². The molecule has 0 saturated carbocycles. The first-order valence-electron chi connectivity index (χ1n) is 4.76. The van der Waals surface area contributed by atoms with Crippen molar-refractivity contribution in [1.82, 2.24) is 5.32 Å².